The van der Waals surface area contributed by atoms with Crippen molar-refractivity contribution in [3.8, 4) is 0 Å². The Balaban J connectivity index is 2.01. The highest BCUT2D eigenvalue weighted by Crippen LogP contribution is 2.23. The lowest BCUT2D eigenvalue weighted by Gasteiger charge is -2.32. The molecular weight excluding hydrogens is 486 g/mol. The first-order valence-corrected chi connectivity index (χ1v) is 12.3. The predicted molar refractivity (Wildman–Crippen MR) is 139 cm³/mol. The van der Waals surface area contributed by atoms with Gasteiger partial charge in [0.15, 0.2) is 0 Å². The molecule has 7 heteroatoms. The Morgan fingerprint density at radius 1 is 0.971 bits per heavy atom. The Labute approximate surface area is 216 Å². The van der Waals surface area contributed by atoms with Gasteiger partial charge in [-0.2, -0.15) is 0 Å². The summed E-state index contributed by atoms with van der Waals surface area (Å²) in [6.45, 7) is 4.03. The molecule has 3 aromatic carbocycles. The van der Waals surface area contributed by atoms with Crippen LogP contribution < -0.4 is 5.32 Å². The van der Waals surface area contributed by atoms with Crippen molar-refractivity contribution in [3.05, 3.63) is 105 Å². The maximum Gasteiger partial charge on any atom is 0.243 e. The van der Waals surface area contributed by atoms with Crippen LogP contribution in [0.25, 0.3) is 0 Å². The molecule has 3 rings (SSSR count). The third-order valence-corrected chi connectivity index (χ3v) is 6.49. The van der Waals surface area contributed by atoms with E-state index in [4.69, 9.17) is 23.2 Å². The highest BCUT2D eigenvalue weighted by atomic mass is 35.5. The molecule has 2 atom stereocenters. The zero-order chi connectivity index (χ0) is 25.4. The molecule has 4 nitrogen and oxygen atoms in total. The Bertz CT molecular complexity index is 1140. The number of amides is 2. The number of carbonyl (C=O) groups excluding carboxylic acids is 2. The van der Waals surface area contributed by atoms with Crippen LogP contribution in [0.3, 0.4) is 0 Å². The number of nitrogens with one attached hydrogen (secondary N) is 1. The second-order valence-electron chi connectivity index (χ2n) is 8.55. The van der Waals surface area contributed by atoms with Crippen LogP contribution in [0.2, 0.25) is 10.0 Å². The van der Waals surface area contributed by atoms with Crippen LogP contribution >= 0.6 is 23.2 Å². The van der Waals surface area contributed by atoms with Gasteiger partial charge in [0.25, 0.3) is 0 Å². The molecule has 0 bridgehead atoms. The number of rotatable bonds is 10. The molecule has 2 amide bonds. The topological polar surface area (TPSA) is 49.4 Å². The van der Waals surface area contributed by atoms with Crippen molar-refractivity contribution in [2.24, 2.45) is 0 Å². The summed E-state index contributed by atoms with van der Waals surface area (Å²) < 4.78 is 14.5. The molecule has 0 spiro atoms. The summed E-state index contributed by atoms with van der Waals surface area (Å²) in [5.41, 5.74) is 1.78. The van der Waals surface area contributed by atoms with Crippen molar-refractivity contribution >= 4 is 35.0 Å². The third-order valence-electron chi connectivity index (χ3n) is 5.90. The van der Waals surface area contributed by atoms with Crippen molar-refractivity contribution in [3.63, 3.8) is 0 Å². The largest absolute Gasteiger partial charge is 0.352 e. The fourth-order valence-corrected chi connectivity index (χ4v) is 4.22. The molecule has 184 valence electrons. The lowest BCUT2D eigenvalue weighted by molar-refractivity contribution is -0.141. The summed E-state index contributed by atoms with van der Waals surface area (Å²) in [7, 11) is 0. The van der Waals surface area contributed by atoms with Crippen LogP contribution in [0.1, 0.15) is 37.0 Å². The number of carbonyl (C=O) groups is 2. The van der Waals surface area contributed by atoms with E-state index in [1.165, 1.54) is 17.0 Å². The molecule has 0 heterocycles. The molecule has 0 aliphatic heterocycles. The first kappa shape index (κ1) is 26.7. The molecular formula is C28H29Cl2FN2O2. The summed E-state index contributed by atoms with van der Waals surface area (Å²) in [5, 5.41) is 3.70. The predicted octanol–water partition coefficient (Wildman–Crippen LogP) is 6.23. The molecule has 0 aliphatic carbocycles. The van der Waals surface area contributed by atoms with E-state index in [1.807, 2.05) is 50.2 Å². The van der Waals surface area contributed by atoms with Gasteiger partial charge in [-0.1, -0.05) is 78.7 Å². The lowest BCUT2D eigenvalue weighted by atomic mass is 10.0. The summed E-state index contributed by atoms with van der Waals surface area (Å²) in [4.78, 5) is 28.7. The van der Waals surface area contributed by atoms with Gasteiger partial charge in [0.1, 0.15) is 11.9 Å². The van der Waals surface area contributed by atoms with Crippen LogP contribution in [0.5, 0.6) is 0 Å². The van der Waals surface area contributed by atoms with Crippen LogP contribution in [0.15, 0.2) is 72.8 Å². The van der Waals surface area contributed by atoms with E-state index in [0.717, 1.165) is 17.5 Å². The van der Waals surface area contributed by atoms with Gasteiger partial charge in [0.2, 0.25) is 11.8 Å². The molecule has 1 N–H and O–H groups in total. The van der Waals surface area contributed by atoms with Gasteiger partial charge in [-0.3, -0.25) is 9.59 Å². The first-order chi connectivity index (χ1) is 16.8. The van der Waals surface area contributed by atoms with Crippen LogP contribution in [0.4, 0.5) is 4.39 Å². The van der Waals surface area contributed by atoms with Gasteiger partial charge in [-0.15, -0.1) is 0 Å². The minimum atomic E-state index is -0.816. The minimum Gasteiger partial charge on any atom is -0.352 e. The zero-order valence-corrected chi connectivity index (χ0v) is 21.3. The average Bonchev–Trinajstić information content (AvgIpc) is 2.84. The van der Waals surface area contributed by atoms with Crippen LogP contribution in [0, 0.1) is 5.82 Å². The highest BCUT2D eigenvalue weighted by Gasteiger charge is 2.31. The lowest BCUT2D eigenvalue weighted by Crippen LogP contribution is -2.52. The SMILES string of the molecule is CC[C@H](C)NC(=O)[C@H](Cc1ccccc1)N(Cc1cccc(Cl)c1)C(=O)Cc1c(F)cccc1Cl. The Kier molecular flexibility index (Phi) is 9.70. The smallest absolute Gasteiger partial charge is 0.243 e. The highest BCUT2D eigenvalue weighted by molar-refractivity contribution is 6.31. The summed E-state index contributed by atoms with van der Waals surface area (Å²) in [6, 6.07) is 20.1. The second kappa shape index (κ2) is 12.7. The van der Waals surface area contributed by atoms with E-state index in [9.17, 15) is 14.0 Å². The maximum atomic E-state index is 14.5. The number of hydrogen-bond acceptors (Lipinski definition) is 2. The van der Waals surface area contributed by atoms with E-state index in [-0.39, 0.29) is 35.5 Å². The maximum absolute atomic E-state index is 14.5. The van der Waals surface area contributed by atoms with E-state index in [2.05, 4.69) is 5.32 Å². The average molecular weight is 515 g/mol. The quantitative estimate of drug-likeness (QED) is 0.348. The van der Waals surface area contributed by atoms with Gasteiger partial charge in [-0.25, -0.2) is 4.39 Å². The fraction of sp³-hybridized carbons (Fsp3) is 0.286. The van der Waals surface area contributed by atoms with Crippen molar-refractivity contribution in [1.82, 2.24) is 10.2 Å². The molecule has 3 aromatic rings. The number of nitrogens with zero attached hydrogens (tertiary/aromatic N) is 1. The number of benzene rings is 3. The minimum absolute atomic E-state index is 0.0649. The van der Waals surface area contributed by atoms with Crippen molar-refractivity contribution in [2.75, 3.05) is 0 Å². The summed E-state index contributed by atoms with van der Waals surface area (Å²) in [6.07, 6.45) is 0.783. The molecule has 0 aliphatic rings. The Morgan fingerprint density at radius 2 is 1.66 bits per heavy atom. The molecule has 0 saturated carbocycles. The molecule has 35 heavy (non-hydrogen) atoms. The van der Waals surface area contributed by atoms with Crippen molar-refractivity contribution in [2.45, 2.75) is 51.7 Å². The van der Waals surface area contributed by atoms with Gasteiger partial charge in [0, 0.05) is 34.6 Å². The first-order valence-electron chi connectivity index (χ1n) is 11.6. The molecule has 0 aromatic heterocycles. The molecule has 0 radical (unpaired) electrons. The Morgan fingerprint density at radius 3 is 2.31 bits per heavy atom. The standard InChI is InChI=1S/C28H29Cl2FN2O2/c1-3-19(2)32-28(35)26(16-20-9-5-4-6-10-20)33(18-21-11-7-12-22(29)15-21)27(34)17-23-24(30)13-8-14-25(23)31/h4-15,19,26H,3,16-18H2,1-2H3,(H,32,35)/t19-,26-/m0/s1. The van der Waals surface area contributed by atoms with Crippen molar-refractivity contribution < 1.29 is 14.0 Å². The monoisotopic (exact) mass is 514 g/mol. The molecule has 0 unspecified atom stereocenters. The Hall–Kier alpha value is -2.89. The van der Waals surface area contributed by atoms with Crippen LogP contribution in [-0.2, 0) is 29.0 Å². The van der Waals surface area contributed by atoms with Gasteiger partial charge >= 0.3 is 0 Å². The van der Waals surface area contributed by atoms with E-state index >= 15 is 0 Å². The summed E-state index contributed by atoms with van der Waals surface area (Å²) in [5.74, 6) is -1.23. The molecule has 0 fully saturated rings. The van der Waals surface area contributed by atoms with E-state index in [1.54, 1.807) is 24.3 Å². The van der Waals surface area contributed by atoms with Gasteiger partial charge < -0.3 is 10.2 Å². The van der Waals surface area contributed by atoms with Crippen LogP contribution in [-0.4, -0.2) is 28.8 Å². The number of halogens is 3. The normalized spacial score (nSPS) is 12.6. The molecule has 0 saturated heterocycles. The van der Waals surface area contributed by atoms with Gasteiger partial charge in [0.05, 0.1) is 6.42 Å². The van der Waals surface area contributed by atoms with E-state index in [0.29, 0.717) is 11.4 Å². The summed E-state index contributed by atoms with van der Waals surface area (Å²) >= 11 is 12.4. The van der Waals surface area contributed by atoms with Gasteiger partial charge in [-0.05, 0) is 48.7 Å². The third kappa shape index (κ3) is 7.55. The van der Waals surface area contributed by atoms with Crippen molar-refractivity contribution in [1.29, 1.82) is 0 Å². The second-order valence-corrected chi connectivity index (χ2v) is 9.40. The zero-order valence-electron chi connectivity index (χ0n) is 19.8. The fourth-order valence-electron chi connectivity index (χ4n) is 3.78. The number of hydrogen-bond donors (Lipinski definition) is 1. The van der Waals surface area contributed by atoms with E-state index < -0.39 is 17.8 Å².